The lowest BCUT2D eigenvalue weighted by Gasteiger charge is -2.36. The molecular weight excluding hydrogens is 471 g/mol. The molecule has 1 heterocycles. The van der Waals surface area contributed by atoms with Gasteiger partial charge in [-0.1, -0.05) is 44.2 Å². The summed E-state index contributed by atoms with van der Waals surface area (Å²) in [4.78, 5) is 42.3. The molecule has 3 atom stereocenters. The van der Waals surface area contributed by atoms with E-state index < -0.39 is 17.8 Å². The first kappa shape index (κ1) is 26.8. The molecule has 37 heavy (non-hydrogen) atoms. The van der Waals surface area contributed by atoms with Gasteiger partial charge in [-0.2, -0.15) is 0 Å². The maximum atomic E-state index is 15.1. The van der Waals surface area contributed by atoms with E-state index in [0.717, 1.165) is 25.9 Å². The summed E-state index contributed by atoms with van der Waals surface area (Å²) in [5, 5.41) is 5.57. The molecule has 0 bridgehead atoms. The number of hydrogen-bond acceptors (Lipinski definition) is 4. The van der Waals surface area contributed by atoms with Crippen molar-refractivity contribution in [3.8, 4) is 0 Å². The van der Waals surface area contributed by atoms with Crippen LogP contribution in [-0.2, 0) is 20.8 Å². The number of amides is 3. The number of nitrogens with zero attached hydrogens (tertiary/aromatic N) is 2. The normalized spacial score (nSPS) is 19.1. The summed E-state index contributed by atoms with van der Waals surface area (Å²) in [6.07, 6.45) is 2.43. The minimum absolute atomic E-state index is 0.117. The summed E-state index contributed by atoms with van der Waals surface area (Å²) in [5.41, 5.74) is 3.18. The van der Waals surface area contributed by atoms with Crippen molar-refractivity contribution < 1.29 is 18.8 Å². The number of nitrogens with one attached hydrogen (secondary N) is 2. The van der Waals surface area contributed by atoms with Crippen molar-refractivity contribution in [2.45, 2.75) is 57.4 Å². The Morgan fingerprint density at radius 1 is 1.05 bits per heavy atom. The van der Waals surface area contributed by atoms with Gasteiger partial charge in [-0.3, -0.25) is 14.4 Å². The van der Waals surface area contributed by atoms with Gasteiger partial charge < -0.3 is 20.4 Å². The maximum Gasteiger partial charge on any atom is 0.245 e. The van der Waals surface area contributed by atoms with E-state index in [-0.39, 0.29) is 35.7 Å². The number of carbonyl (C=O) groups is 3. The van der Waals surface area contributed by atoms with Gasteiger partial charge >= 0.3 is 0 Å². The zero-order valence-electron chi connectivity index (χ0n) is 21.9. The first-order chi connectivity index (χ1) is 17.8. The molecule has 1 saturated heterocycles. The maximum absolute atomic E-state index is 15.1. The first-order valence-corrected chi connectivity index (χ1v) is 13.2. The lowest BCUT2D eigenvalue weighted by atomic mass is 9.91. The second-order valence-corrected chi connectivity index (χ2v) is 10.2. The van der Waals surface area contributed by atoms with Crippen LogP contribution >= 0.6 is 0 Å². The quantitative estimate of drug-likeness (QED) is 0.570. The molecule has 198 valence electrons. The van der Waals surface area contributed by atoms with E-state index in [1.165, 1.54) is 17.2 Å². The highest BCUT2D eigenvalue weighted by Gasteiger charge is 2.33. The molecule has 0 radical (unpaired) electrons. The fourth-order valence-corrected chi connectivity index (χ4v) is 5.29. The van der Waals surface area contributed by atoms with Crippen molar-refractivity contribution in [3.63, 3.8) is 0 Å². The number of aryl methyl sites for hydroxylation is 1. The number of rotatable bonds is 8. The number of piperazine rings is 1. The average molecular weight is 509 g/mol. The van der Waals surface area contributed by atoms with Gasteiger partial charge in [-0.25, -0.2) is 4.39 Å². The fraction of sp³-hybridized carbons (Fsp3) is 0.483. The first-order valence-electron chi connectivity index (χ1n) is 13.2. The highest BCUT2D eigenvalue weighted by Crippen LogP contribution is 2.35. The third kappa shape index (κ3) is 6.36. The summed E-state index contributed by atoms with van der Waals surface area (Å²) in [5.74, 6) is -1.47. The summed E-state index contributed by atoms with van der Waals surface area (Å²) in [7, 11) is 2.01. The van der Waals surface area contributed by atoms with Crippen molar-refractivity contribution in [1.29, 1.82) is 0 Å². The zero-order valence-corrected chi connectivity index (χ0v) is 21.9. The molecule has 2 aliphatic rings. The number of hydrogen-bond donors (Lipinski definition) is 2. The molecule has 3 amide bonds. The standard InChI is InChI=1S/C29H37FN4O3/c1-4-26(35)32-28(29(37)34-15-13-33(3)14-16-34)19(2)21-11-12-25(24(30)17-21)31-27(36)18-22-10-9-20-7-5-6-8-23(20)22/h5-8,11-12,17,19,22,28H,4,9-10,13-16,18H2,1-3H3,(H,31,36)(H,32,35)/t19-,22-,28+/m0/s1. The fourth-order valence-electron chi connectivity index (χ4n) is 5.29. The van der Waals surface area contributed by atoms with Crippen LogP contribution < -0.4 is 10.6 Å². The average Bonchev–Trinajstić information content (AvgIpc) is 3.30. The monoisotopic (exact) mass is 508 g/mol. The molecule has 7 nitrogen and oxygen atoms in total. The van der Waals surface area contributed by atoms with Gasteiger partial charge in [0.25, 0.3) is 0 Å². The van der Waals surface area contributed by atoms with Crippen molar-refractivity contribution in [3.05, 3.63) is 65.0 Å². The van der Waals surface area contributed by atoms with Crippen LogP contribution in [0.15, 0.2) is 42.5 Å². The number of likely N-dealkylation sites (N-methyl/N-ethyl adjacent to an activating group) is 1. The minimum Gasteiger partial charge on any atom is -0.344 e. The Labute approximate surface area is 218 Å². The second-order valence-electron chi connectivity index (χ2n) is 10.2. The van der Waals surface area contributed by atoms with Crippen molar-refractivity contribution in [1.82, 2.24) is 15.1 Å². The molecule has 1 fully saturated rings. The van der Waals surface area contributed by atoms with Crippen LogP contribution in [0.3, 0.4) is 0 Å². The molecule has 0 spiro atoms. The molecule has 0 unspecified atom stereocenters. The van der Waals surface area contributed by atoms with Crippen molar-refractivity contribution in [2.24, 2.45) is 0 Å². The smallest absolute Gasteiger partial charge is 0.245 e. The minimum atomic E-state index is -0.793. The Morgan fingerprint density at radius 3 is 2.49 bits per heavy atom. The largest absolute Gasteiger partial charge is 0.344 e. The van der Waals surface area contributed by atoms with Gasteiger partial charge in [0.05, 0.1) is 5.69 Å². The molecule has 2 aromatic carbocycles. The molecule has 0 aromatic heterocycles. The third-order valence-corrected chi connectivity index (χ3v) is 7.70. The zero-order chi connectivity index (χ0) is 26.5. The number of carbonyl (C=O) groups excluding carboxylic acids is 3. The van der Waals surface area contributed by atoms with Crippen LogP contribution in [0.2, 0.25) is 0 Å². The SMILES string of the molecule is CCC(=O)N[C@@H](C(=O)N1CCN(C)CC1)[C@@H](C)c1ccc(NC(=O)C[C@@H]2CCc3ccccc32)c(F)c1. The molecule has 0 saturated carbocycles. The molecule has 8 heteroatoms. The summed E-state index contributed by atoms with van der Waals surface area (Å²) in [6, 6.07) is 12.0. The Morgan fingerprint density at radius 2 is 1.78 bits per heavy atom. The van der Waals surface area contributed by atoms with E-state index in [2.05, 4.69) is 27.7 Å². The Hall–Kier alpha value is -3.26. The van der Waals surface area contributed by atoms with E-state index in [4.69, 9.17) is 0 Å². The van der Waals surface area contributed by atoms with Crippen molar-refractivity contribution >= 4 is 23.4 Å². The van der Waals surface area contributed by atoms with E-state index in [1.807, 2.05) is 26.1 Å². The van der Waals surface area contributed by atoms with Crippen LogP contribution in [0, 0.1) is 5.82 Å². The Balaban J connectivity index is 1.44. The summed E-state index contributed by atoms with van der Waals surface area (Å²) in [6.45, 7) is 6.27. The predicted molar refractivity (Wildman–Crippen MR) is 142 cm³/mol. The van der Waals surface area contributed by atoms with E-state index in [9.17, 15) is 14.4 Å². The predicted octanol–water partition coefficient (Wildman–Crippen LogP) is 3.66. The Bertz CT molecular complexity index is 1150. The van der Waals surface area contributed by atoms with Crippen LogP contribution in [-0.4, -0.2) is 66.8 Å². The highest BCUT2D eigenvalue weighted by atomic mass is 19.1. The molecule has 2 aromatic rings. The molecule has 1 aliphatic heterocycles. The van der Waals surface area contributed by atoms with E-state index >= 15 is 4.39 Å². The number of halogens is 1. The van der Waals surface area contributed by atoms with Gasteiger partial charge in [0.2, 0.25) is 17.7 Å². The number of fused-ring (bicyclic) bond motifs is 1. The van der Waals surface area contributed by atoms with Gasteiger partial charge in [-0.15, -0.1) is 0 Å². The topological polar surface area (TPSA) is 81.8 Å². The Kier molecular flexibility index (Phi) is 8.59. The van der Waals surface area contributed by atoms with Gasteiger partial charge in [0.1, 0.15) is 11.9 Å². The highest BCUT2D eigenvalue weighted by molar-refractivity contribution is 5.92. The van der Waals surface area contributed by atoms with Crippen LogP contribution in [0.4, 0.5) is 10.1 Å². The van der Waals surface area contributed by atoms with E-state index in [1.54, 1.807) is 24.0 Å². The van der Waals surface area contributed by atoms with Crippen LogP contribution in [0.1, 0.15) is 61.6 Å². The van der Waals surface area contributed by atoms with Crippen LogP contribution in [0.25, 0.3) is 0 Å². The molecule has 4 rings (SSSR count). The summed E-state index contributed by atoms with van der Waals surface area (Å²) >= 11 is 0. The molecule has 2 N–H and O–H groups in total. The number of anilines is 1. The number of benzene rings is 2. The summed E-state index contributed by atoms with van der Waals surface area (Å²) < 4.78 is 15.1. The van der Waals surface area contributed by atoms with Gasteiger partial charge in [-0.05, 0) is 54.6 Å². The molecular formula is C29H37FN4O3. The lowest BCUT2D eigenvalue weighted by molar-refractivity contribution is -0.138. The molecule has 1 aliphatic carbocycles. The van der Waals surface area contributed by atoms with Gasteiger partial charge in [0, 0.05) is 44.9 Å². The van der Waals surface area contributed by atoms with Crippen LogP contribution in [0.5, 0.6) is 0 Å². The van der Waals surface area contributed by atoms with Gasteiger partial charge in [0.15, 0.2) is 0 Å². The lowest BCUT2D eigenvalue weighted by Crippen LogP contribution is -2.55. The van der Waals surface area contributed by atoms with E-state index in [0.29, 0.717) is 25.1 Å². The van der Waals surface area contributed by atoms with Crippen molar-refractivity contribution in [2.75, 3.05) is 38.5 Å². The second kappa shape index (κ2) is 11.9. The third-order valence-electron chi connectivity index (χ3n) is 7.70.